The van der Waals surface area contributed by atoms with Crippen LogP contribution in [0, 0.1) is 5.92 Å². The van der Waals surface area contributed by atoms with E-state index in [1.165, 1.54) is 12.8 Å². The second kappa shape index (κ2) is 8.72. The van der Waals surface area contributed by atoms with Gasteiger partial charge in [0.1, 0.15) is 6.10 Å². The van der Waals surface area contributed by atoms with Gasteiger partial charge in [0.05, 0.1) is 25.4 Å². The van der Waals surface area contributed by atoms with Crippen LogP contribution < -0.4 is 0 Å². The molecule has 6 nitrogen and oxygen atoms in total. The van der Waals surface area contributed by atoms with E-state index in [1.807, 2.05) is 6.92 Å². The van der Waals surface area contributed by atoms with Crippen molar-refractivity contribution in [2.24, 2.45) is 5.92 Å². The first-order valence-corrected chi connectivity index (χ1v) is 10.1. The first-order chi connectivity index (χ1) is 10.7. The van der Waals surface area contributed by atoms with Crippen LogP contribution in [0.5, 0.6) is 0 Å². The van der Waals surface area contributed by atoms with Gasteiger partial charge in [0.25, 0.3) is 0 Å². The second-order valence-electron chi connectivity index (χ2n) is 6.01. The third kappa shape index (κ3) is 5.56. The SMILES string of the molecule is CCOCC1CO1.CO[Si](CC1CCC2OC2C1)(OC)OC. The maximum atomic E-state index is 5.52. The molecule has 4 unspecified atom stereocenters. The maximum Gasteiger partial charge on any atom is 0.500 e. The summed E-state index contributed by atoms with van der Waals surface area (Å²) in [5.41, 5.74) is 0. The number of rotatable bonds is 8. The van der Waals surface area contributed by atoms with Gasteiger partial charge in [0.2, 0.25) is 0 Å². The van der Waals surface area contributed by atoms with Gasteiger partial charge in [-0.25, -0.2) is 0 Å². The van der Waals surface area contributed by atoms with Crippen molar-refractivity contribution in [2.75, 3.05) is 41.2 Å². The Labute approximate surface area is 134 Å². The van der Waals surface area contributed by atoms with E-state index in [0.717, 1.165) is 32.3 Å². The fourth-order valence-electron chi connectivity index (χ4n) is 2.94. The van der Waals surface area contributed by atoms with Crippen molar-refractivity contribution in [3.63, 3.8) is 0 Å². The van der Waals surface area contributed by atoms with Crippen molar-refractivity contribution in [1.29, 1.82) is 0 Å². The van der Waals surface area contributed by atoms with Crippen molar-refractivity contribution in [3.05, 3.63) is 0 Å². The molecule has 1 aliphatic carbocycles. The molecule has 0 N–H and O–H groups in total. The third-order valence-electron chi connectivity index (χ3n) is 4.49. The molecule has 0 aromatic rings. The lowest BCUT2D eigenvalue weighted by Crippen LogP contribution is -2.45. The zero-order chi connectivity index (χ0) is 16.0. The van der Waals surface area contributed by atoms with E-state index in [1.54, 1.807) is 21.3 Å². The minimum Gasteiger partial charge on any atom is -0.379 e. The highest BCUT2D eigenvalue weighted by Gasteiger charge is 2.48. The second-order valence-corrected chi connectivity index (χ2v) is 9.01. The highest BCUT2D eigenvalue weighted by atomic mass is 28.4. The molecule has 0 bridgehead atoms. The van der Waals surface area contributed by atoms with Crippen LogP contribution in [0.1, 0.15) is 26.2 Å². The molecule has 3 fully saturated rings. The first-order valence-electron chi connectivity index (χ1n) is 8.16. The number of ether oxygens (including phenoxy) is 3. The quantitative estimate of drug-likeness (QED) is 0.499. The Balaban J connectivity index is 0.000000211. The van der Waals surface area contributed by atoms with Crippen molar-refractivity contribution >= 4 is 8.80 Å². The molecular formula is C15H30O6Si. The fraction of sp³-hybridized carbons (Fsp3) is 1.00. The predicted octanol–water partition coefficient (Wildman–Crippen LogP) is 1.85. The van der Waals surface area contributed by atoms with E-state index < -0.39 is 8.80 Å². The Morgan fingerprint density at radius 3 is 2.23 bits per heavy atom. The zero-order valence-electron chi connectivity index (χ0n) is 14.2. The summed E-state index contributed by atoms with van der Waals surface area (Å²) < 4.78 is 31.8. The van der Waals surface area contributed by atoms with E-state index in [4.69, 9.17) is 27.5 Å². The normalized spacial score (nSPS) is 32.7. The lowest BCUT2D eigenvalue weighted by Gasteiger charge is -2.29. The van der Waals surface area contributed by atoms with Gasteiger partial charge in [0.15, 0.2) is 0 Å². The number of epoxide rings is 2. The van der Waals surface area contributed by atoms with Crippen LogP contribution in [0.3, 0.4) is 0 Å². The minimum atomic E-state index is -2.37. The molecular weight excluding hydrogens is 304 g/mol. The molecule has 2 heterocycles. The van der Waals surface area contributed by atoms with Crippen LogP contribution in [-0.4, -0.2) is 68.3 Å². The Kier molecular flexibility index (Phi) is 7.26. The summed E-state index contributed by atoms with van der Waals surface area (Å²) >= 11 is 0. The molecule has 1 saturated carbocycles. The Morgan fingerprint density at radius 2 is 1.73 bits per heavy atom. The van der Waals surface area contributed by atoms with E-state index >= 15 is 0 Å². The average Bonchev–Trinajstić information content (AvgIpc) is 3.46. The molecule has 7 heteroatoms. The summed E-state index contributed by atoms with van der Waals surface area (Å²) in [6.07, 6.45) is 5.06. The summed E-state index contributed by atoms with van der Waals surface area (Å²) in [7, 11) is 2.67. The average molecular weight is 334 g/mol. The van der Waals surface area contributed by atoms with Gasteiger partial charge in [-0.3, -0.25) is 0 Å². The lowest BCUT2D eigenvalue weighted by atomic mass is 9.91. The van der Waals surface area contributed by atoms with E-state index in [0.29, 0.717) is 24.2 Å². The predicted molar refractivity (Wildman–Crippen MR) is 83.8 cm³/mol. The molecule has 2 saturated heterocycles. The largest absolute Gasteiger partial charge is 0.500 e. The summed E-state index contributed by atoms with van der Waals surface area (Å²) in [5.74, 6) is 0.639. The van der Waals surface area contributed by atoms with Gasteiger partial charge in [-0.05, 0) is 32.1 Å². The lowest BCUT2D eigenvalue weighted by molar-refractivity contribution is 0.115. The van der Waals surface area contributed by atoms with E-state index in [2.05, 4.69) is 0 Å². The molecule has 0 amide bonds. The summed E-state index contributed by atoms with van der Waals surface area (Å²) in [6.45, 7) is 4.48. The molecule has 3 aliphatic rings. The summed E-state index contributed by atoms with van der Waals surface area (Å²) in [5, 5.41) is 0. The number of hydrogen-bond donors (Lipinski definition) is 0. The number of hydrogen-bond acceptors (Lipinski definition) is 6. The molecule has 0 spiro atoms. The van der Waals surface area contributed by atoms with Gasteiger partial charge in [-0.2, -0.15) is 0 Å². The Bertz CT molecular complexity index is 313. The Morgan fingerprint density at radius 1 is 1.05 bits per heavy atom. The van der Waals surface area contributed by atoms with Gasteiger partial charge in [0, 0.05) is 34.0 Å². The molecule has 130 valence electrons. The summed E-state index contributed by atoms with van der Waals surface area (Å²) in [4.78, 5) is 0. The van der Waals surface area contributed by atoms with Crippen molar-refractivity contribution in [2.45, 2.75) is 50.5 Å². The van der Waals surface area contributed by atoms with Crippen molar-refractivity contribution in [3.8, 4) is 0 Å². The van der Waals surface area contributed by atoms with Crippen LogP contribution in [0.4, 0.5) is 0 Å². The van der Waals surface area contributed by atoms with Crippen LogP contribution in [-0.2, 0) is 27.5 Å². The Hall–Kier alpha value is -0.0231. The van der Waals surface area contributed by atoms with Gasteiger partial charge in [-0.1, -0.05) is 0 Å². The standard InChI is InChI=1S/C10H20O4Si.C5H10O2/c1-11-15(12-2,13-3)7-8-4-5-9-10(6-8)14-9;1-2-6-3-5-4-7-5/h8-10H,4-7H2,1-3H3;5H,2-4H2,1H3. The monoisotopic (exact) mass is 334 g/mol. The van der Waals surface area contributed by atoms with Crippen molar-refractivity contribution in [1.82, 2.24) is 0 Å². The zero-order valence-corrected chi connectivity index (χ0v) is 15.2. The molecule has 4 atom stereocenters. The van der Waals surface area contributed by atoms with Gasteiger partial charge in [-0.15, -0.1) is 0 Å². The van der Waals surface area contributed by atoms with Crippen LogP contribution in [0.2, 0.25) is 6.04 Å². The highest BCUT2D eigenvalue weighted by molar-refractivity contribution is 6.60. The summed E-state index contributed by atoms with van der Waals surface area (Å²) in [6, 6.07) is 0.920. The molecule has 2 aliphatic heterocycles. The first kappa shape index (κ1) is 18.3. The molecule has 3 rings (SSSR count). The van der Waals surface area contributed by atoms with Crippen LogP contribution >= 0.6 is 0 Å². The number of fused-ring (bicyclic) bond motifs is 1. The van der Waals surface area contributed by atoms with Crippen LogP contribution in [0.15, 0.2) is 0 Å². The molecule has 0 aromatic heterocycles. The van der Waals surface area contributed by atoms with E-state index in [-0.39, 0.29) is 0 Å². The topological polar surface area (TPSA) is 62.0 Å². The van der Waals surface area contributed by atoms with Crippen molar-refractivity contribution < 1.29 is 27.5 Å². The molecule has 0 aromatic carbocycles. The van der Waals surface area contributed by atoms with E-state index in [9.17, 15) is 0 Å². The minimum absolute atomic E-state index is 0.431. The fourth-order valence-corrected chi connectivity index (χ4v) is 5.02. The third-order valence-corrected chi connectivity index (χ3v) is 7.44. The highest BCUT2D eigenvalue weighted by Crippen LogP contribution is 2.42. The molecule has 0 radical (unpaired) electrons. The van der Waals surface area contributed by atoms with Gasteiger partial charge < -0.3 is 27.5 Å². The van der Waals surface area contributed by atoms with Gasteiger partial charge >= 0.3 is 8.80 Å². The van der Waals surface area contributed by atoms with Crippen LogP contribution in [0.25, 0.3) is 0 Å². The molecule has 22 heavy (non-hydrogen) atoms. The smallest absolute Gasteiger partial charge is 0.379 e. The maximum absolute atomic E-state index is 5.52.